The van der Waals surface area contributed by atoms with Gasteiger partial charge in [-0.1, -0.05) is 24.8 Å². The summed E-state index contributed by atoms with van der Waals surface area (Å²) >= 11 is 2.87. The molecule has 26 heavy (non-hydrogen) atoms. The molecule has 2 aromatic rings. The zero-order valence-electron chi connectivity index (χ0n) is 14.5. The molecule has 0 bridgehead atoms. The molecular weight excluding hydrogens is 450 g/mol. The maximum absolute atomic E-state index is 14.3. The summed E-state index contributed by atoms with van der Waals surface area (Å²) in [5, 5.41) is 3.56. The number of nitrogens with zero attached hydrogens (tertiary/aromatic N) is 2. The zero-order chi connectivity index (χ0) is 19.5. The molecule has 11 heteroatoms. The van der Waals surface area contributed by atoms with Crippen LogP contribution < -0.4 is 4.31 Å². The minimum absolute atomic E-state index is 0.128. The first-order valence-corrected chi connectivity index (χ1v) is 13.6. The largest absolute Gasteiger partial charge is 0.363 e. The van der Waals surface area contributed by atoms with Crippen LogP contribution in [0.15, 0.2) is 38.4 Å². The highest BCUT2D eigenvalue weighted by Gasteiger charge is 2.34. The number of benzene rings is 1. The van der Waals surface area contributed by atoms with Crippen LogP contribution in [0, 0.1) is 11.6 Å². The van der Waals surface area contributed by atoms with Crippen LogP contribution in [0.4, 0.5) is 14.6 Å². The van der Waals surface area contributed by atoms with E-state index in [4.69, 9.17) is 4.74 Å². The highest BCUT2D eigenvalue weighted by Crippen LogP contribution is 2.30. The van der Waals surface area contributed by atoms with Crippen LogP contribution >= 0.6 is 15.9 Å². The molecule has 0 spiro atoms. The van der Waals surface area contributed by atoms with Gasteiger partial charge in [-0.25, -0.2) is 21.5 Å². The average Bonchev–Trinajstić information content (AvgIpc) is 3.03. The van der Waals surface area contributed by atoms with Gasteiger partial charge in [0.1, 0.15) is 18.8 Å². The van der Waals surface area contributed by atoms with Gasteiger partial charge in [0, 0.05) is 20.7 Å². The van der Waals surface area contributed by atoms with Crippen molar-refractivity contribution in [3.8, 4) is 0 Å². The molecule has 0 fully saturated rings. The van der Waals surface area contributed by atoms with Crippen LogP contribution in [-0.4, -0.2) is 35.0 Å². The van der Waals surface area contributed by atoms with Crippen molar-refractivity contribution < 1.29 is 26.5 Å². The number of hydrogen-bond donors (Lipinski definition) is 0. The fraction of sp³-hybridized carbons (Fsp3) is 0.400. The fourth-order valence-electron chi connectivity index (χ4n) is 1.97. The highest BCUT2D eigenvalue weighted by molar-refractivity contribution is 9.10. The first-order chi connectivity index (χ1) is 12.0. The summed E-state index contributed by atoms with van der Waals surface area (Å²) in [6.45, 7) is 6.33. The SMILES string of the molecule is C[Si](C)(C)CCOCN(c1ccon1)S(=O)(=O)c1c(F)ccc(Br)c1F. The second kappa shape index (κ2) is 8.15. The average molecular weight is 469 g/mol. The maximum atomic E-state index is 14.3. The molecule has 0 saturated heterocycles. The Kier molecular flexibility index (Phi) is 6.59. The lowest BCUT2D eigenvalue weighted by Gasteiger charge is -2.23. The maximum Gasteiger partial charge on any atom is 0.273 e. The molecule has 0 atom stereocenters. The van der Waals surface area contributed by atoms with Gasteiger partial charge in [0.15, 0.2) is 16.5 Å². The summed E-state index contributed by atoms with van der Waals surface area (Å²) in [7, 11) is -5.99. The van der Waals surface area contributed by atoms with Crippen LogP contribution in [0.1, 0.15) is 0 Å². The van der Waals surface area contributed by atoms with Crippen molar-refractivity contribution >= 4 is 39.8 Å². The third-order valence-electron chi connectivity index (χ3n) is 3.43. The molecule has 6 nitrogen and oxygen atoms in total. The molecule has 0 aliphatic carbocycles. The Bertz CT molecular complexity index is 857. The van der Waals surface area contributed by atoms with Crippen molar-refractivity contribution in [1.82, 2.24) is 5.16 Å². The van der Waals surface area contributed by atoms with Crippen molar-refractivity contribution in [3.63, 3.8) is 0 Å². The van der Waals surface area contributed by atoms with Gasteiger partial charge in [-0.3, -0.25) is 0 Å². The monoisotopic (exact) mass is 468 g/mol. The zero-order valence-corrected chi connectivity index (χ0v) is 17.9. The van der Waals surface area contributed by atoms with Gasteiger partial charge in [0.2, 0.25) is 0 Å². The molecular formula is C15H19BrF2N2O4SSi. The van der Waals surface area contributed by atoms with Gasteiger partial charge in [0.25, 0.3) is 10.0 Å². The standard InChI is InChI=1S/C15H19BrF2N2O4SSi/c1-26(2,3)9-8-23-10-20(13-6-7-24-19-13)25(21,22)15-12(17)5-4-11(16)14(15)18/h4-7H,8-10H2,1-3H3. The summed E-state index contributed by atoms with van der Waals surface area (Å²) in [6.07, 6.45) is 1.16. The third-order valence-corrected chi connectivity index (χ3v) is 7.51. The van der Waals surface area contributed by atoms with Gasteiger partial charge >= 0.3 is 0 Å². The molecule has 0 radical (unpaired) electrons. The van der Waals surface area contributed by atoms with Gasteiger partial charge in [0.05, 0.1) is 4.47 Å². The Morgan fingerprint density at radius 3 is 2.54 bits per heavy atom. The van der Waals surface area contributed by atoms with Gasteiger partial charge in [-0.05, 0) is 34.1 Å². The van der Waals surface area contributed by atoms with Gasteiger partial charge in [-0.15, -0.1) is 0 Å². The summed E-state index contributed by atoms with van der Waals surface area (Å²) in [5.41, 5.74) is 0. The van der Waals surface area contributed by atoms with Crippen LogP contribution in [0.2, 0.25) is 25.7 Å². The van der Waals surface area contributed by atoms with Crippen LogP contribution in [0.3, 0.4) is 0 Å². The normalized spacial score (nSPS) is 12.4. The minimum Gasteiger partial charge on any atom is -0.363 e. The second-order valence-electron chi connectivity index (χ2n) is 6.73. The van der Waals surface area contributed by atoms with Crippen molar-refractivity contribution in [3.05, 3.63) is 40.6 Å². The van der Waals surface area contributed by atoms with Crippen LogP contribution in [0.25, 0.3) is 0 Å². The van der Waals surface area contributed by atoms with E-state index in [1.165, 1.54) is 6.07 Å². The van der Waals surface area contributed by atoms with E-state index in [0.29, 0.717) is 10.9 Å². The van der Waals surface area contributed by atoms with E-state index in [1.54, 1.807) is 0 Å². The van der Waals surface area contributed by atoms with Crippen molar-refractivity contribution in [2.45, 2.75) is 30.6 Å². The van der Waals surface area contributed by atoms with Gasteiger partial charge in [-0.2, -0.15) is 0 Å². The quantitative estimate of drug-likeness (QED) is 0.251. The lowest BCUT2D eigenvalue weighted by molar-refractivity contribution is 0.155. The van der Waals surface area contributed by atoms with Crippen LogP contribution in [0.5, 0.6) is 0 Å². The molecule has 0 aliphatic heterocycles. The number of rotatable bonds is 8. The summed E-state index contributed by atoms with van der Waals surface area (Å²) in [6, 6.07) is 4.04. The first-order valence-electron chi connectivity index (χ1n) is 7.68. The number of halogens is 3. The summed E-state index contributed by atoms with van der Waals surface area (Å²) in [5.74, 6) is -2.56. The van der Waals surface area contributed by atoms with E-state index < -0.39 is 41.4 Å². The molecule has 1 aromatic heterocycles. The smallest absolute Gasteiger partial charge is 0.273 e. The Labute approximate surface area is 160 Å². The van der Waals surface area contributed by atoms with Crippen molar-refractivity contribution in [2.24, 2.45) is 0 Å². The third kappa shape index (κ3) is 4.90. The summed E-state index contributed by atoms with van der Waals surface area (Å²) in [4.78, 5) is -1.08. The number of hydrogen-bond acceptors (Lipinski definition) is 5. The van der Waals surface area contributed by atoms with E-state index in [2.05, 4.69) is 45.3 Å². The Balaban J connectivity index is 2.35. The lowest BCUT2D eigenvalue weighted by Crippen LogP contribution is -2.35. The molecule has 0 N–H and O–H groups in total. The molecule has 0 saturated carbocycles. The first kappa shape index (κ1) is 21.0. The number of ether oxygens (including phenoxy) is 1. The molecule has 1 aromatic carbocycles. The molecule has 0 amide bonds. The van der Waals surface area contributed by atoms with E-state index in [1.807, 2.05) is 0 Å². The Hall–Kier alpha value is -1.30. The second-order valence-corrected chi connectivity index (χ2v) is 15.0. The number of aromatic nitrogens is 1. The summed E-state index contributed by atoms with van der Waals surface area (Å²) < 4.78 is 64.9. The Morgan fingerprint density at radius 1 is 1.27 bits per heavy atom. The predicted molar refractivity (Wildman–Crippen MR) is 99.2 cm³/mol. The van der Waals surface area contributed by atoms with E-state index in [9.17, 15) is 17.2 Å². The molecule has 0 unspecified atom stereocenters. The van der Waals surface area contributed by atoms with E-state index in [-0.39, 0.29) is 10.3 Å². The topological polar surface area (TPSA) is 72.6 Å². The number of sulfonamides is 1. The number of anilines is 1. The highest BCUT2D eigenvalue weighted by atomic mass is 79.9. The molecule has 0 aliphatic rings. The lowest BCUT2D eigenvalue weighted by atomic mass is 10.3. The van der Waals surface area contributed by atoms with Gasteiger partial charge < -0.3 is 9.26 Å². The van der Waals surface area contributed by atoms with Crippen molar-refractivity contribution in [2.75, 3.05) is 17.6 Å². The molecule has 144 valence electrons. The van der Waals surface area contributed by atoms with Crippen molar-refractivity contribution in [1.29, 1.82) is 0 Å². The Morgan fingerprint density at radius 2 is 1.96 bits per heavy atom. The fourth-order valence-corrected chi connectivity index (χ4v) is 4.62. The van der Waals surface area contributed by atoms with Crippen LogP contribution in [-0.2, 0) is 14.8 Å². The molecule has 1 heterocycles. The molecule has 2 rings (SSSR count). The minimum atomic E-state index is -4.61. The predicted octanol–water partition coefficient (Wildman–Crippen LogP) is 4.22. The van der Waals surface area contributed by atoms with E-state index >= 15 is 0 Å². The van der Waals surface area contributed by atoms with E-state index in [0.717, 1.165) is 24.4 Å².